The van der Waals surface area contributed by atoms with Crippen molar-refractivity contribution in [1.82, 2.24) is 0 Å². The highest BCUT2D eigenvalue weighted by molar-refractivity contribution is 14.1. The monoisotopic (exact) mass is 293 g/mol. The predicted molar refractivity (Wildman–Crippen MR) is 51.6 cm³/mol. The molecule has 1 aromatic rings. The molecule has 0 N–H and O–H groups in total. The Morgan fingerprint density at radius 1 is 1.46 bits per heavy atom. The van der Waals surface area contributed by atoms with Gasteiger partial charge in [0.15, 0.2) is 0 Å². The average Bonchev–Trinajstić information content (AvgIpc) is 2.03. The van der Waals surface area contributed by atoms with Crippen LogP contribution in [0.3, 0.4) is 0 Å². The van der Waals surface area contributed by atoms with Crippen LogP contribution in [0.1, 0.15) is 10.4 Å². The molecule has 0 aliphatic carbocycles. The van der Waals surface area contributed by atoms with Crippen LogP contribution in [0, 0.1) is 13.7 Å². The van der Waals surface area contributed by atoms with Crippen molar-refractivity contribution in [3.63, 3.8) is 0 Å². The van der Waals surface area contributed by atoms with Crippen LogP contribution in [-0.2, 0) is 4.84 Å². The molecular weight excluding hydrogens is 289 g/mol. The summed E-state index contributed by atoms with van der Waals surface area (Å²) in [5.74, 6) is -0.949. The average molecular weight is 293 g/mol. The van der Waals surface area contributed by atoms with E-state index in [-0.39, 0.29) is 5.56 Å². The van der Waals surface area contributed by atoms with Crippen LogP contribution >= 0.6 is 22.6 Å². The second kappa shape index (κ2) is 4.17. The van der Waals surface area contributed by atoms with Crippen molar-refractivity contribution in [3.05, 3.63) is 43.5 Å². The maximum Gasteiger partial charge on any atom is 0.335 e. The zero-order chi connectivity index (χ0) is 9.84. The second-order valence-corrected chi connectivity index (χ2v) is 3.24. The third-order valence-electron chi connectivity index (χ3n) is 1.25. The number of nitrogens with zero attached hydrogens (tertiary/aromatic N) is 1. The van der Waals surface area contributed by atoms with Crippen molar-refractivity contribution in [2.75, 3.05) is 0 Å². The van der Waals surface area contributed by atoms with E-state index in [1.165, 1.54) is 6.07 Å². The molecule has 0 atom stereocenters. The zero-order valence-electron chi connectivity index (χ0n) is 6.27. The van der Waals surface area contributed by atoms with Crippen LogP contribution in [0.15, 0.2) is 24.3 Å². The molecule has 0 aliphatic rings. The number of halogens is 1. The predicted octanol–water partition coefficient (Wildman–Crippen LogP) is 1.64. The number of hydrogen-bond donors (Lipinski definition) is 0. The molecular formula is C7H4INO4. The molecule has 0 amide bonds. The highest BCUT2D eigenvalue weighted by Gasteiger charge is 2.12. The van der Waals surface area contributed by atoms with Gasteiger partial charge < -0.3 is 0 Å². The van der Waals surface area contributed by atoms with Crippen LogP contribution in [0.5, 0.6) is 0 Å². The van der Waals surface area contributed by atoms with Crippen LogP contribution in [-0.4, -0.2) is 11.1 Å². The SMILES string of the molecule is O=C(O[N+](=O)[O-])c1ccccc1I. The minimum atomic E-state index is -1.12. The third-order valence-corrected chi connectivity index (χ3v) is 2.19. The standard InChI is InChI=1S/C7H4INO4/c8-6-4-2-1-3-5(6)7(10)13-9(11)12/h1-4H. The molecule has 13 heavy (non-hydrogen) atoms. The maximum atomic E-state index is 11.0. The lowest BCUT2D eigenvalue weighted by molar-refractivity contribution is -0.727. The number of carbonyl (C=O) groups excluding carboxylic acids is 1. The van der Waals surface area contributed by atoms with Gasteiger partial charge in [-0.1, -0.05) is 12.1 Å². The van der Waals surface area contributed by atoms with E-state index in [4.69, 9.17) is 0 Å². The molecule has 0 saturated heterocycles. The van der Waals surface area contributed by atoms with Crippen molar-refractivity contribution < 1.29 is 14.7 Å². The van der Waals surface area contributed by atoms with Crippen molar-refractivity contribution in [1.29, 1.82) is 0 Å². The summed E-state index contributed by atoms with van der Waals surface area (Å²) in [6.07, 6.45) is 0. The number of hydrogen-bond acceptors (Lipinski definition) is 4. The molecule has 1 rings (SSSR count). The van der Waals surface area contributed by atoms with Gasteiger partial charge in [-0.05, 0) is 34.7 Å². The smallest absolute Gasteiger partial charge is 0.263 e. The molecule has 1 aromatic carbocycles. The molecule has 0 aliphatic heterocycles. The Morgan fingerprint density at radius 3 is 2.62 bits per heavy atom. The lowest BCUT2D eigenvalue weighted by atomic mass is 10.2. The molecule has 0 spiro atoms. The summed E-state index contributed by atoms with van der Waals surface area (Å²) in [5.41, 5.74) is 0.194. The summed E-state index contributed by atoms with van der Waals surface area (Å²) in [6, 6.07) is 6.47. The molecule has 0 fully saturated rings. The summed E-state index contributed by atoms with van der Waals surface area (Å²) < 4.78 is 0.618. The first-order valence-corrected chi connectivity index (χ1v) is 4.30. The molecule has 5 nitrogen and oxygen atoms in total. The summed E-state index contributed by atoms with van der Waals surface area (Å²) >= 11 is 1.90. The van der Waals surface area contributed by atoms with E-state index in [0.29, 0.717) is 3.57 Å². The van der Waals surface area contributed by atoms with E-state index < -0.39 is 11.1 Å². The highest BCUT2D eigenvalue weighted by atomic mass is 127. The summed E-state index contributed by atoms with van der Waals surface area (Å²) in [5, 5.41) is 8.73. The number of carbonyl (C=O) groups is 1. The van der Waals surface area contributed by atoms with E-state index in [1.54, 1.807) is 18.2 Å². The van der Waals surface area contributed by atoms with Crippen LogP contribution in [0.2, 0.25) is 0 Å². The van der Waals surface area contributed by atoms with E-state index in [0.717, 1.165) is 0 Å². The van der Waals surface area contributed by atoms with Crippen molar-refractivity contribution in [2.24, 2.45) is 0 Å². The Balaban J connectivity index is 2.89. The molecule has 6 heteroatoms. The van der Waals surface area contributed by atoms with Gasteiger partial charge >= 0.3 is 11.1 Å². The van der Waals surface area contributed by atoms with E-state index in [9.17, 15) is 14.9 Å². The molecule has 68 valence electrons. The minimum Gasteiger partial charge on any atom is -0.263 e. The first-order chi connectivity index (χ1) is 6.11. The topological polar surface area (TPSA) is 69.4 Å². The Hall–Kier alpha value is -1.18. The van der Waals surface area contributed by atoms with Crippen molar-refractivity contribution in [2.45, 2.75) is 0 Å². The quantitative estimate of drug-likeness (QED) is 0.472. The van der Waals surface area contributed by atoms with E-state index >= 15 is 0 Å². The number of benzene rings is 1. The van der Waals surface area contributed by atoms with Gasteiger partial charge in [0.1, 0.15) is 0 Å². The molecule has 0 radical (unpaired) electrons. The molecule has 0 bridgehead atoms. The Labute approximate surface area is 86.9 Å². The van der Waals surface area contributed by atoms with Gasteiger partial charge in [-0.2, -0.15) is 0 Å². The second-order valence-electron chi connectivity index (χ2n) is 2.08. The van der Waals surface area contributed by atoms with Gasteiger partial charge in [0.25, 0.3) is 0 Å². The highest BCUT2D eigenvalue weighted by Crippen LogP contribution is 2.12. The molecule has 0 heterocycles. The largest absolute Gasteiger partial charge is 0.335 e. The van der Waals surface area contributed by atoms with Crippen LogP contribution in [0.25, 0.3) is 0 Å². The fourth-order valence-electron chi connectivity index (χ4n) is 0.744. The Bertz CT molecular complexity index is 352. The van der Waals surface area contributed by atoms with Gasteiger partial charge in [-0.25, -0.2) is 4.84 Å². The lowest BCUT2D eigenvalue weighted by Gasteiger charge is -1.99. The summed E-state index contributed by atoms with van der Waals surface area (Å²) in [4.78, 5) is 24.7. The lowest BCUT2D eigenvalue weighted by Crippen LogP contribution is -2.11. The van der Waals surface area contributed by atoms with Gasteiger partial charge in [-0.3, -0.25) is 4.79 Å². The summed E-state index contributed by atoms with van der Waals surface area (Å²) in [7, 11) is 0. The number of rotatable bonds is 2. The van der Waals surface area contributed by atoms with Crippen molar-refractivity contribution in [3.8, 4) is 0 Å². The first-order valence-electron chi connectivity index (χ1n) is 3.22. The normalized spacial score (nSPS) is 9.31. The van der Waals surface area contributed by atoms with Crippen LogP contribution < -0.4 is 0 Å². The molecule has 0 aromatic heterocycles. The third kappa shape index (κ3) is 2.65. The Kier molecular flexibility index (Phi) is 3.18. The van der Waals surface area contributed by atoms with Gasteiger partial charge in [0.05, 0.1) is 5.56 Å². The fraction of sp³-hybridized carbons (Fsp3) is 0. The fourth-order valence-corrected chi connectivity index (χ4v) is 1.35. The van der Waals surface area contributed by atoms with Gasteiger partial charge in [0.2, 0.25) is 0 Å². The first kappa shape index (κ1) is 9.90. The van der Waals surface area contributed by atoms with E-state index in [1.807, 2.05) is 22.6 Å². The summed E-state index contributed by atoms with van der Waals surface area (Å²) in [6.45, 7) is 0. The Morgan fingerprint density at radius 2 is 2.08 bits per heavy atom. The van der Waals surface area contributed by atoms with Gasteiger partial charge in [0, 0.05) is 3.57 Å². The molecule has 0 unspecified atom stereocenters. The van der Waals surface area contributed by atoms with Crippen LogP contribution in [0.4, 0.5) is 0 Å². The van der Waals surface area contributed by atoms with Gasteiger partial charge in [-0.15, -0.1) is 10.1 Å². The zero-order valence-corrected chi connectivity index (χ0v) is 8.43. The van der Waals surface area contributed by atoms with Crippen molar-refractivity contribution >= 4 is 28.6 Å². The minimum absolute atomic E-state index is 0.194. The van der Waals surface area contributed by atoms with E-state index in [2.05, 4.69) is 4.84 Å². The molecule has 0 saturated carbocycles. The maximum absolute atomic E-state index is 11.0.